The van der Waals surface area contributed by atoms with Crippen molar-refractivity contribution in [3.05, 3.63) is 59.7 Å². The predicted octanol–water partition coefficient (Wildman–Crippen LogP) is 4.53. The Balaban J connectivity index is 1.94. The average Bonchev–Trinajstić information content (AvgIpc) is 2.74. The number of hydrogen-bond acceptors (Lipinski definition) is 5. The Labute approximate surface area is 176 Å². The van der Waals surface area contributed by atoms with Gasteiger partial charge in [-0.2, -0.15) is 0 Å². The number of benzene rings is 2. The summed E-state index contributed by atoms with van der Waals surface area (Å²) >= 11 is 0. The molecule has 0 aromatic heterocycles. The highest BCUT2D eigenvalue weighted by Gasteiger charge is 2.13. The second-order valence-corrected chi connectivity index (χ2v) is 6.70. The van der Waals surface area contributed by atoms with Crippen molar-refractivity contribution in [1.29, 1.82) is 0 Å². The summed E-state index contributed by atoms with van der Waals surface area (Å²) in [6, 6.07) is 13.5. The number of hydrogen-bond donors (Lipinski definition) is 2. The lowest BCUT2D eigenvalue weighted by molar-refractivity contribution is -0.125. The maximum absolute atomic E-state index is 12.5. The van der Waals surface area contributed by atoms with Gasteiger partial charge in [-0.3, -0.25) is 9.59 Å². The van der Waals surface area contributed by atoms with Crippen molar-refractivity contribution < 1.29 is 23.9 Å². The number of carbonyl (C=O) groups is 3. The molecule has 160 valence electrons. The molecule has 2 aromatic rings. The fraction of sp³-hybridized carbons (Fsp3) is 0.348. The normalized spacial score (nSPS) is 10.4. The van der Waals surface area contributed by atoms with Crippen molar-refractivity contribution in [3.8, 4) is 5.75 Å². The van der Waals surface area contributed by atoms with E-state index in [9.17, 15) is 14.4 Å². The third-order valence-corrected chi connectivity index (χ3v) is 4.59. The molecular weight excluding hydrogens is 384 g/mol. The van der Waals surface area contributed by atoms with Crippen LogP contribution in [0.1, 0.15) is 49.5 Å². The van der Waals surface area contributed by atoms with E-state index in [-0.39, 0.29) is 24.3 Å². The first-order chi connectivity index (χ1) is 14.5. The molecule has 0 spiro atoms. The average molecular weight is 412 g/mol. The summed E-state index contributed by atoms with van der Waals surface area (Å²) in [4.78, 5) is 35.9. The third-order valence-electron chi connectivity index (χ3n) is 4.59. The first-order valence-electron chi connectivity index (χ1n) is 10.1. The van der Waals surface area contributed by atoms with Gasteiger partial charge in [-0.25, -0.2) is 4.79 Å². The molecule has 0 aliphatic carbocycles. The Morgan fingerprint density at radius 3 is 2.30 bits per heavy atom. The van der Waals surface area contributed by atoms with Crippen LogP contribution in [0.3, 0.4) is 0 Å². The van der Waals surface area contributed by atoms with Gasteiger partial charge in [0.25, 0.3) is 5.91 Å². The summed E-state index contributed by atoms with van der Waals surface area (Å²) in [6.07, 6.45) is 0.826. The van der Waals surface area contributed by atoms with E-state index in [1.165, 1.54) is 12.1 Å². The molecule has 2 amide bonds. The van der Waals surface area contributed by atoms with Gasteiger partial charge in [0.1, 0.15) is 5.75 Å². The summed E-state index contributed by atoms with van der Waals surface area (Å²) in [5.74, 6) is 0.0549. The molecule has 2 aromatic carbocycles. The second-order valence-electron chi connectivity index (χ2n) is 6.70. The van der Waals surface area contributed by atoms with E-state index < -0.39 is 6.16 Å². The number of anilines is 1. The Bertz CT molecular complexity index is 860. The predicted molar refractivity (Wildman–Crippen MR) is 114 cm³/mol. The molecular formula is C23H28N2O5. The molecule has 0 bridgehead atoms. The molecule has 7 nitrogen and oxygen atoms in total. The van der Waals surface area contributed by atoms with E-state index in [4.69, 9.17) is 9.47 Å². The van der Waals surface area contributed by atoms with Gasteiger partial charge in [0.15, 0.2) is 0 Å². The van der Waals surface area contributed by atoms with Gasteiger partial charge < -0.3 is 20.1 Å². The second kappa shape index (κ2) is 11.6. The van der Waals surface area contributed by atoms with Crippen LogP contribution in [0.15, 0.2) is 48.5 Å². The zero-order chi connectivity index (χ0) is 21.9. The number of rotatable bonds is 9. The van der Waals surface area contributed by atoms with Gasteiger partial charge in [0.2, 0.25) is 5.91 Å². The van der Waals surface area contributed by atoms with Gasteiger partial charge >= 0.3 is 6.16 Å². The molecule has 0 saturated carbocycles. The molecule has 0 heterocycles. The molecule has 0 unspecified atom stereocenters. The van der Waals surface area contributed by atoms with E-state index in [0.717, 1.165) is 18.4 Å². The first kappa shape index (κ1) is 22.9. The van der Waals surface area contributed by atoms with Crippen molar-refractivity contribution in [2.24, 2.45) is 5.92 Å². The van der Waals surface area contributed by atoms with Gasteiger partial charge in [0.05, 0.1) is 6.61 Å². The maximum atomic E-state index is 12.5. The first-order valence-corrected chi connectivity index (χ1v) is 10.1. The molecule has 30 heavy (non-hydrogen) atoms. The summed E-state index contributed by atoms with van der Waals surface area (Å²) in [5, 5.41) is 5.77. The third kappa shape index (κ3) is 6.92. The molecule has 0 atom stereocenters. The van der Waals surface area contributed by atoms with E-state index in [1.807, 2.05) is 32.0 Å². The lowest BCUT2D eigenvalue weighted by Crippen LogP contribution is -2.29. The Hall–Kier alpha value is -3.35. The Morgan fingerprint density at radius 1 is 0.967 bits per heavy atom. The van der Waals surface area contributed by atoms with Crippen molar-refractivity contribution in [2.45, 2.75) is 40.2 Å². The minimum Gasteiger partial charge on any atom is -0.434 e. The van der Waals surface area contributed by atoms with Gasteiger partial charge in [-0.1, -0.05) is 26.0 Å². The van der Waals surface area contributed by atoms with Crippen LogP contribution in [0.2, 0.25) is 0 Å². The highest BCUT2D eigenvalue weighted by atomic mass is 16.7. The number of amides is 2. The van der Waals surface area contributed by atoms with Crippen molar-refractivity contribution in [2.75, 3.05) is 11.9 Å². The number of ether oxygens (including phenoxy) is 2. The fourth-order valence-electron chi connectivity index (χ4n) is 2.87. The van der Waals surface area contributed by atoms with Crippen LogP contribution in [-0.4, -0.2) is 24.6 Å². The van der Waals surface area contributed by atoms with Crippen LogP contribution < -0.4 is 15.4 Å². The molecule has 2 rings (SSSR count). The summed E-state index contributed by atoms with van der Waals surface area (Å²) in [7, 11) is 0. The van der Waals surface area contributed by atoms with E-state index in [2.05, 4.69) is 10.6 Å². The van der Waals surface area contributed by atoms with Crippen LogP contribution in [-0.2, 0) is 16.1 Å². The smallest absolute Gasteiger partial charge is 0.434 e. The number of nitrogens with one attached hydrogen (secondary N) is 2. The van der Waals surface area contributed by atoms with E-state index in [1.54, 1.807) is 25.1 Å². The van der Waals surface area contributed by atoms with Crippen molar-refractivity contribution in [3.63, 3.8) is 0 Å². The van der Waals surface area contributed by atoms with E-state index in [0.29, 0.717) is 23.5 Å². The summed E-state index contributed by atoms with van der Waals surface area (Å²) in [6.45, 7) is 6.31. The fourth-order valence-corrected chi connectivity index (χ4v) is 2.87. The quantitative estimate of drug-likeness (QED) is 0.466. The highest BCUT2D eigenvalue weighted by Crippen LogP contribution is 2.16. The minimum absolute atomic E-state index is 0.0173. The molecule has 2 N–H and O–H groups in total. The van der Waals surface area contributed by atoms with Crippen LogP contribution in [0.4, 0.5) is 10.5 Å². The Kier molecular flexibility index (Phi) is 8.87. The van der Waals surface area contributed by atoms with Gasteiger partial charge in [0, 0.05) is 23.7 Å². The molecule has 0 aliphatic rings. The molecule has 7 heteroatoms. The molecule has 0 saturated heterocycles. The minimum atomic E-state index is -0.789. The van der Waals surface area contributed by atoms with Crippen LogP contribution in [0.25, 0.3) is 0 Å². The standard InChI is InChI=1S/C23H28N2O5/c1-4-17(5-2)21(26)24-15-16-8-7-9-19(14-16)25-22(27)18-10-12-20(13-11-18)30-23(28)29-6-3/h7-14,17H,4-6,15H2,1-3H3,(H,24,26)(H,25,27). The zero-order valence-electron chi connectivity index (χ0n) is 17.6. The molecule has 0 radical (unpaired) electrons. The highest BCUT2D eigenvalue weighted by molar-refractivity contribution is 6.04. The Morgan fingerprint density at radius 2 is 1.67 bits per heavy atom. The van der Waals surface area contributed by atoms with Crippen molar-refractivity contribution >= 4 is 23.7 Å². The molecule has 0 aliphatic heterocycles. The lowest BCUT2D eigenvalue weighted by Gasteiger charge is -2.13. The van der Waals surface area contributed by atoms with E-state index >= 15 is 0 Å². The lowest BCUT2D eigenvalue weighted by atomic mass is 10.0. The number of carbonyl (C=O) groups excluding carboxylic acids is 3. The van der Waals surface area contributed by atoms with Crippen LogP contribution >= 0.6 is 0 Å². The van der Waals surface area contributed by atoms with Crippen LogP contribution in [0, 0.1) is 5.92 Å². The maximum Gasteiger partial charge on any atom is 0.513 e. The summed E-state index contributed by atoms with van der Waals surface area (Å²) < 4.78 is 9.68. The zero-order valence-corrected chi connectivity index (χ0v) is 17.6. The van der Waals surface area contributed by atoms with Gasteiger partial charge in [-0.05, 0) is 61.7 Å². The topological polar surface area (TPSA) is 93.7 Å². The summed E-state index contributed by atoms with van der Waals surface area (Å²) in [5.41, 5.74) is 1.94. The molecule has 0 fully saturated rings. The SMILES string of the molecule is CCOC(=O)Oc1ccc(C(=O)Nc2cccc(CNC(=O)C(CC)CC)c2)cc1. The van der Waals surface area contributed by atoms with Crippen molar-refractivity contribution in [1.82, 2.24) is 5.32 Å². The van der Waals surface area contributed by atoms with Gasteiger partial charge in [-0.15, -0.1) is 0 Å². The largest absolute Gasteiger partial charge is 0.513 e. The van der Waals surface area contributed by atoms with Crippen LogP contribution in [0.5, 0.6) is 5.75 Å². The monoisotopic (exact) mass is 412 g/mol.